The molecule has 0 unspecified atom stereocenters. The van der Waals surface area contributed by atoms with Crippen molar-refractivity contribution in [2.75, 3.05) is 7.11 Å². The van der Waals surface area contributed by atoms with Crippen LogP contribution in [0.4, 0.5) is 0 Å². The van der Waals surface area contributed by atoms with Gasteiger partial charge in [-0.05, 0) is 61.2 Å². The molecule has 3 rings (SSSR count). The SMILES string of the molecule is COc1cc(/C=C(\C#N)C(=O)NCc2ccccc2)ccc1OC(=O)c1c(C)cc(C)cc1C. The highest BCUT2D eigenvalue weighted by atomic mass is 16.6. The summed E-state index contributed by atoms with van der Waals surface area (Å²) in [5.41, 5.74) is 4.70. The lowest BCUT2D eigenvalue weighted by molar-refractivity contribution is -0.117. The van der Waals surface area contributed by atoms with Crippen molar-refractivity contribution in [3.8, 4) is 17.6 Å². The fraction of sp³-hybridized carbons (Fsp3) is 0.179. The molecule has 34 heavy (non-hydrogen) atoms. The van der Waals surface area contributed by atoms with Crippen LogP contribution in [-0.4, -0.2) is 19.0 Å². The number of ether oxygens (including phenoxy) is 2. The molecule has 0 saturated carbocycles. The molecule has 0 aliphatic heterocycles. The molecule has 0 spiro atoms. The summed E-state index contributed by atoms with van der Waals surface area (Å²) in [5, 5.41) is 12.2. The number of benzene rings is 3. The molecule has 1 amide bonds. The van der Waals surface area contributed by atoms with E-state index in [1.807, 2.05) is 69.3 Å². The van der Waals surface area contributed by atoms with E-state index in [4.69, 9.17) is 9.47 Å². The smallest absolute Gasteiger partial charge is 0.344 e. The van der Waals surface area contributed by atoms with Crippen molar-refractivity contribution in [2.24, 2.45) is 0 Å². The van der Waals surface area contributed by atoms with Crippen LogP contribution in [0.3, 0.4) is 0 Å². The maximum atomic E-state index is 12.8. The summed E-state index contributed by atoms with van der Waals surface area (Å²) in [5.74, 6) is -0.400. The molecule has 3 aromatic carbocycles. The van der Waals surface area contributed by atoms with Gasteiger partial charge in [0.05, 0.1) is 12.7 Å². The summed E-state index contributed by atoms with van der Waals surface area (Å²) >= 11 is 0. The third kappa shape index (κ3) is 5.90. The number of aryl methyl sites for hydroxylation is 3. The molecule has 6 heteroatoms. The second-order valence-electron chi connectivity index (χ2n) is 7.91. The maximum absolute atomic E-state index is 12.8. The van der Waals surface area contributed by atoms with E-state index < -0.39 is 11.9 Å². The quantitative estimate of drug-likeness (QED) is 0.233. The van der Waals surface area contributed by atoms with Crippen LogP contribution in [0.25, 0.3) is 6.08 Å². The standard InChI is InChI=1S/C28H26N2O4/c1-18-12-19(2)26(20(3)13-18)28(32)34-24-11-10-22(15-25(24)33-4)14-23(16-29)27(31)30-17-21-8-6-5-7-9-21/h5-15H,17H2,1-4H3,(H,30,31)/b23-14+. The Hall–Kier alpha value is -4.37. The van der Waals surface area contributed by atoms with Crippen LogP contribution in [-0.2, 0) is 11.3 Å². The van der Waals surface area contributed by atoms with Gasteiger partial charge in [0.1, 0.15) is 11.6 Å². The highest BCUT2D eigenvalue weighted by Crippen LogP contribution is 2.30. The van der Waals surface area contributed by atoms with Crippen molar-refractivity contribution in [3.63, 3.8) is 0 Å². The first-order valence-corrected chi connectivity index (χ1v) is 10.7. The Morgan fingerprint density at radius 1 is 0.971 bits per heavy atom. The topological polar surface area (TPSA) is 88.4 Å². The van der Waals surface area contributed by atoms with E-state index in [0.717, 1.165) is 22.3 Å². The molecule has 0 saturated heterocycles. The molecule has 0 atom stereocenters. The van der Waals surface area contributed by atoms with Gasteiger partial charge in [0, 0.05) is 6.54 Å². The van der Waals surface area contributed by atoms with Gasteiger partial charge in [0.25, 0.3) is 5.91 Å². The van der Waals surface area contributed by atoms with Gasteiger partial charge in [0.15, 0.2) is 11.5 Å². The third-order valence-corrected chi connectivity index (χ3v) is 5.24. The number of nitrogens with zero attached hydrogens (tertiary/aromatic N) is 1. The molecule has 0 bridgehead atoms. The highest BCUT2D eigenvalue weighted by molar-refractivity contribution is 6.01. The summed E-state index contributed by atoms with van der Waals surface area (Å²) in [6.07, 6.45) is 1.46. The van der Waals surface area contributed by atoms with Crippen molar-refractivity contribution >= 4 is 18.0 Å². The van der Waals surface area contributed by atoms with E-state index >= 15 is 0 Å². The largest absolute Gasteiger partial charge is 0.493 e. The molecular weight excluding hydrogens is 428 g/mol. The number of methoxy groups -OCH3 is 1. The Kier molecular flexibility index (Phi) is 7.83. The zero-order valence-corrected chi connectivity index (χ0v) is 19.6. The van der Waals surface area contributed by atoms with Crippen LogP contribution < -0.4 is 14.8 Å². The van der Waals surface area contributed by atoms with Crippen molar-refractivity contribution in [2.45, 2.75) is 27.3 Å². The molecule has 0 radical (unpaired) electrons. The van der Waals surface area contributed by atoms with Crippen molar-refractivity contribution in [1.82, 2.24) is 5.32 Å². The first-order valence-electron chi connectivity index (χ1n) is 10.7. The van der Waals surface area contributed by atoms with Gasteiger partial charge < -0.3 is 14.8 Å². The van der Waals surface area contributed by atoms with E-state index in [1.165, 1.54) is 13.2 Å². The summed E-state index contributed by atoms with van der Waals surface area (Å²) in [4.78, 5) is 25.3. The minimum Gasteiger partial charge on any atom is -0.493 e. The predicted octanol–water partition coefficient (Wildman–Crippen LogP) is 5.06. The number of hydrogen-bond donors (Lipinski definition) is 1. The number of amides is 1. The molecule has 0 aliphatic rings. The number of carbonyl (C=O) groups excluding carboxylic acids is 2. The Morgan fingerprint density at radius 3 is 2.26 bits per heavy atom. The Morgan fingerprint density at radius 2 is 1.65 bits per heavy atom. The van der Waals surface area contributed by atoms with Crippen LogP contribution in [0.2, 0.25) is 0 Å². The van der Waals surface area contributed by atoms with Gasteiger partial charge in [-0.2, -0.15) is 5.26 Å². The zero-order chi connectivity index (χ0) is 24.7. The molecule has 0 aromatic heterocycles. The molecule has 0 aliphatic carbocycles. The minimum atomic E-state index is -0.480. The second-order valence-corrected chi connectivity index (χ2v) is 7.91. The van der Waals surface area contributed by atoms with Crippen LogP contribution in [0, 0.1) is 32.1 Å². The predicted molar refractivity (Wildman–Crippen MR) is 130 cm³/mol. The lowest BCUT2D eigenvalue weighted by Gasteiger charge is -2.13. The van der Waals surface area contributed by atoms with E-state index in [0.29, 0.717) is 23.4 Å². The molecular formula is C28H26N2O4. The fourth-order valence-electron chi connectivity index (χ4n) is 3.70. The Labute approximate surface area is 199 Å². The summed E-state index contributed by atoms with van der Waals surface area (Å²) in [7, 11) is 1.46. The highest BCUT2D eigenvalue weighted by Gasteiger charge is 2.18. The Balaban J connectivity index is 1.78. The molecule has 6 nitrogen and oxygen atoms in total. The minimum absolute atomic E-state index is 0.0476. The first-order chi connectivity index (χ1) is 16.3. The van der Waals surface area contributed by atoms with Gasteiger partial charge in [-0.1, -0.05) is 54.1 Å². The van der Waals surface area contributed by atoms with E-state index in [-0.39, 0.29) is 11.3 Å². The lowest BCUT2D eigenvalue weighted by Crippen LogP contribution is -2.23. The van der Waals surface area contributed by atoms with Crippen molar-refractivity contribution < 1.29 is 19.1 Å². The zero-order valence-electron chi connectivity index (χ0n) is 19.6. The maximum Gasteiger partial charge on any atom is 0.344 e. The lowest BCUT2D eigenvalue weighted by atomic mass is 10.00. The van der Waals surface area contributed by atoms with Crippen LogP contribution >= 0.6 is 0 Å². The van der Waals surface area contributed by atoms with E-state index in [9.17, 15) is 14.9 Å². The van der Waals surface area contributed by atoms with Gasteiger partial charge in [-0.3, -0.25) is 4.79 Å². The molecule has 172 valence electrons. The van der Waals surface area contributed by atoms with Crippen LogP contribution in [0.1, 0.15) is 38.2 Å². The number of carbonyl (C=O) groups is 2. The number of esters is 1. The average molecular weight is 455 g/mol. The summed E-state index contributed by atoms with van der Waals surface area (Å²) < 4.78 is 11.0. The third-order valence-electron chi connectivity index (χ3n) is 5.24. The van der Waals surface area contributed by atoms with Gasteiger partial charge in [-0.25, -0.2) is 4.79 Å². The monoisotopic (exact) mass is 454 g/mol. The van der Waals surface area contributed by atoms with E-state index in [2.05, 4.69) is 5.32 Å². The van der Waals surface area contributed by atoms with Gasteiger partial charge in [0.2, 0.25) is 0 Å². The Bertz CT molecular complexity index is 1260. The summed E-state index contributed by atoms with van der Waals surface area (Å²) in [6.45, 7) is 6.03. The van der Waals surface area contributed by atoms with E-state index in [1.54, 1.807) is 18.2 Å². The van der Waals surface area contributed by atoms with Gasteiger partial charge in [-0.15, -0.1) is 0 Å². The van der Waals surface area contributed by atoms with Crippen LogP contribution in [0.5, 0.6) is 11.5 Å². The van der Waals surface area contributed by atoms with Crippen molar-refractivity contribution in [1.29, 1.82) is 5.26 Å². The first kappa shape index (κ1) is 24.3. The second kappa shape index (κ2) is 11.0. The number of hydrogen-bond acceptors (Lipinski definition) is 5. The van der Waals surface area contributed by atoms with Crippen LogP contribution in [0.15, 0.2) is 66.2 Å². The van der Waals surface area contributed by atoms with Crippen molar-refractivity contribution in [3.05, 3.63) is 99.6 Å². The fourth-order valence-corrected chi connectivity index (χ4v) is 3.70. The summed E-state index contributed by atoms with van der Waals surface area (Å²) in [6, 6.07) is 20.1. The number of rotatable bonds is 7. The number of nitriles is 1. The molecule has 1 N–H and O–H groups in total. The molecule has 0 fully saturated rings. The molecule has 3 aromatic rings. The number of nitrogens with one attached hydrogen (secondary N) is 1. The average Bonchev–Trinajstić information content (AvgIpc) is 2.81. The van der Waals surface area contributed by atoms with Gasteiger partial charge >= 0.3 is 5.97 Å². The normalized spacial score (nSPS) is 10.9. The molecule has 0 heterocycles.